The Morgan fingerprint density at radius 2 is 1.55 bits per heavy atom. The second-order valence-electron chi connectivity index (χ2n) is 5.95. The van der Waals surface area contributed by atoms with Gasteiger partial charge in [-0.15, -0.1) is 0 Å². The van der Waals surface area contributed by atoms with E-state index in [4.69, 9.17) is 18.9 Å². The number of thioether (sulfide) groups is 1. The molecule has 1 fully saturated rings. The van der Waals surface area contributed by atoms with E-state index in [-0.39, 0.29) is 24.3 Å². The van der Waals surface area contributed by atoms with E-state index >= 15 is 0 Å². The van der Waals surface area contributed by atoms with Gasteiger partial charge in [0.05, 0.1) is 32.8 Å². The lowest BCUT2D eigenvalue weighted by atomic mass is 10.2. The van der Waals surface area contributed by atoms with Crippen molar-refractivity contribution in [2.24, 2.45) is 0 Å². The lowest BCUT2D eigenvalue weighted by Crippen LogP contribution is -2.32. The summed E-state index contributed by atoms with van der Waals surface area (Å²) in [6.45, 7) is 0.314. The predicted molar refractivity (Wildman–Crippen MR) is 111 cm³/mol. The second-order valence-corrected chi connectivity index (χ2v) is 6.94. The van der Waals surface area contributed by atoms with E-state index < -0.39 is 0 Å². The number of hydrogen-bond donors (Lipinski definition) is 0. The monoisotopic (exact) mass is 415 g/mol. The van der Waals surface area contributed by atoms with Gasteiger partial charge in [-0.3, -0.25) is 14.5 Å². The predicted octanol–water partition coefficient (Wildman–Crippen LogP) is 3.83. The smallest absolute Gasteiger partial charge is 0.293 e. The molecule has 0 bridgehead atoms. The van der Waals surface area contributed by atoms with Crippen molar-refractivity contribution < 1.29 is 28.5 Å². The summed E-state index contributed by atoms with van der Waals surface area (Å²) in [6.07, 6.45) is 1.66. The van der Waals surface area contributed by atoms with Crippen LogP contribution in [0.2, 0.25) is 0 Å². The van der Waals surface area contributed by atoms with Crippen molar-refractivity contribution in [1.82, 2.24) is 4.90 Å². The molecule has 29 heavy (non-hydrogen) atoms. The highest BCUT2D eigenvalue weighted by Crippen LogP contribution is 2.34. The number of methoxy groups -OCH3 is 3. The first-order valence-corrected chi connectivity index (χ1v) is 9.62. The van der Waals surface area contributed by atoms with Gasteiger partial charge < -0.3 is 18.9 Å². The number of imide groups is 1. The maximum Gasteiger partial charge on any atom is 0.293 e. The molecule has 3 rings (SSSR count). The van der Waals surface area contributed by atoms with Crippen LogP contribution in [0, 0.1) is 0 Å². The molecule has 0 N–H and O–H groups in total. The average Bonchev–Trinajstić information content (AvgIpc) is 3.01. The molecule has 7 nitrogen and oxygen atoms in total. The highest BCUT2D eigenvalue weighted by atomic mass is 32.2. The number of para-hydroxylation sites is 2. The number of rotatable bonds is 8. The lowest BCUT2D eigenvalue weighted by Gasteiger charge is -2.14. The lowest BCUT2D eigenvalue weighted by molar-refractivity contribution is -0.123. The Kier molecular flexibility index (Phi) is 6.66. The molecule has 0 spiro atoms. The Balaban J connectivity index is 1.67. The van der Waals surface area contributed by atoms with Crippen LogP contribution >= 0.6 is 11.8 Å². The van der Waals surface area contributed by atoms with E-state index in [9.17, 15) is 9.59 Å². The summed E-state index contributed by atoms with van der Waals surface area (Å²) in [5.41, 5.74) is 0.735. The van der Waals surface area contributed by atoms with Crippen molar-refractivity contribution in [3.05, 3.63) is 52.9 Å². The summed E-state index contributed by atoms with van der Waals surface area (Å²) in [5.74, 6) is 1.94. The van der Waals surface area contributed by atoms with Crippen molar-refractivity contribution in [1.29, 1.82) is 0 Å². The largest absolute Gasteiger partial charge is 0.493 e. The second kappa shape index (κ2) is 9.38. The van der Waals surface area contributed by atoms with Crippen LogP contribution in [-0.4, -0.2) is 50.5 Å². The first kappa shape index (κ1) is 20.6. The summed E-state index contributed by atoms with van der Waals surface area (Å²) in [4.78, 5) is 26.4. The summed E-state index contributed by atoms with van der Waals surface area (Å²) in [7, 11) is 4.64. The quantitative estimate of drug-likeness (QED) is 0.607. The molecule has 2 aromatic carbocycles. The highest BCUT2D eigenvalue weighted by Gasteiger charge is 2.34. The summed E-state index contributed by atoms with van der Waals surface area (Å²) in [6, 6.07) is 12.5. The zero-order valence-electron chi connectivity index (χ0n) is 16.3. The molecule has 0 unspecified atom stereocenters. The molecule has 8 heteroatoms. The Labute approximate surface area is 173 Å². The van der Waals surface area contributed by atoms with E-state index in [0.29, 0.717) is 27.9 Å². The van der Waals surface area contributed by atoms with Gasteiger partial charge in [0.1, 0.15) is 6.61 Å². The number of carbonyl (C=O) groups is 2. The van der Waals surface area contributed by atoms with Gasteiger partial charge in [-0.2, -0.15) is 0 Å². The molecule has 1 aliphatic rings. The minimum absolute atomic E-state index is 0.145. The fourth-order valence-electron chi connectivity index (χ4n) is 2.77. The molecule has 0 radical (unpaired) electrons. The van der Waals surface area contributed by atoms with E-state index in [1.165, 1.54) is 12.0 Å². The minimum atomic E-state index is -0.349. The van der Waals surface area contributed by atoms with Gasteiger partial charge in [-0.05, 0) is 47.7 Å². The third kappa shape index (κ3) is 4.65. The van der Waals surface area contributed by atoms with Gasteiger partial charge in [0.25, 0.3) is 11.1 Å². The van der Waals surface area contributed by atoms with Gasteiger partial charge in [0, 0.05) is 0 Å². The number of amides is 2. The Morgan fingerprint density at radius 1 is 0.897 bits per heavy atom. The van der Waals surface area contributed by atoms with Crippen LogP contribution in [0.1, 0.15) is 5.56 Å². The van der Waals surface area contributed by atoms with Crippen molar-refractivity contribution >= 4 is 29.0 Å². The van der Waals surface area contributed by atoms with Gasteiger partial charge in [-0.1, -0.05) is 18.2 Å². The van der Waals surface area contributed by atoms with Crippen molar-refractivity contribution in [3.63, 3.8) is 0 Å². The van der Waals surface area contributed by atoms with Crippen LogP contribution in [0.3, 0.4) is 0 Å². The number of ether oxygens (including phenoxy) is 4. The normalized spacial score (nSPS) is 15.0. The average molecular weight is 415 g/mol. The molecular formula is C21H21NO6S. The maximum absolute atomic E-state index is 12.6. The number of carbonyl (C=O) groups excluding carboxylic acids is 2. The third-order valence-electron chi connectivity index (χ3n) is 4.22. The topological polar surface area (TPSA) is 74.3 Å². The van der Waals surface area contributed by atoms with E-state index in [1.807, 2.05) is 12.1 Å². The van der Waals surface area contributed by atoms with Crippen LogP contribution in [-0.2, 0) is 4.79 Å². The van der Waals surface area contributed by atoms with Crippen molar-refractivity contribution in [3.8, 4) is 23.0 Å². The van der Waals surface area contributed by atoms with Gasteiger partial charge in [-0.25, -0.2) is 0 Å². The Bertz CT molecular complexity index is 943. The molecule has 0 atom stereocenters. The molecule has 1 heterocycles. The van der Waals surface area contributed by atoms with Crippen molar-refractivity contribution in [2.75, 3.05) is 34.5 Å². The highest BCUT2D eigenvalue weighted by molar-refractivity contribution is 8.18. The molecule has 0 saturated carbocycles. The van der Waals surface area contributed by atoms with Crippen LogP contribution in [0.15, 0.2) is 47.4 Å². The first-order chi connectivity index (χ1) is 14.1. The summed E-state index contributed by atoms with van der Waals surface area (Å²) >= 11 is 0.900. The van der Waals surface area contributed by atoms with E-state index in [2.05, 4.69) is 0 Å². The number of nitrogens with zero attached hydrogens (tertiary/aromatic N) is 1. The Morgan fingerprint density at radius 3 is 2.24 bits per heavy atom. The van der Waals surface area contributed by atoms with Crippen LogP contribution in [0.25, 0.3) is 6.08 Å². The SMILES string of the molecule is COc1ccc(/C=C2\SC(=O)N(CCOc3ccccc3OC)C2=O)cc1OC. The van der Waals surface area contributed by atoms with Crippen LogP contribution < -0.4 is 18.9 Å². The summed E-state index contributed by atoms with van der Waals surface area (Å²) < 4.78 is 21.4. The van der Waals surface area contributed by atoms with Gasteiger partial charge in [0.15, 0.2) is 23.0 Å². The van der Waals surface area contributed by atoms with E-state index in [1.54, 1.807) is 50.6 Å². The van der Waals surface area contributed by atoms with Crippen LogP contribution in [0.4, 0.5) is 4.79 Å². The number of benzene rings is 2. The molecule has 0 aromatic heterocycles. The molecule has 152 valence electrons. The minimum Gasteiger partial charge on any atom is -0.493 e. The van der Waals surface area contributed by atoms with Crippen molar-refractivity contribution in [2.45, 2.75) is 0 Å². The Hall–Kier alpha value is -3.13. The van der Waals surface area contributed by atoms with E-state index in [0.717, 1.165) is 17.3 Å². The van der Waals surface area contributed by atoms with Gasteiger partial charge >= 0.3 is 0 Å². The number of hydrogen-bond acceptors (Lipinski definition) is 7. The molecule has 1 saturated heterocycles. The molecular weight excluding hydrogens is 394 g/mol. The standard InChI is InChI=1S/C21H21NO6S/c1-25-15-6-4-5-7-17(15)28-11-10-22-20(23)19(29-21(22)24)13-14-8-9-16(26-2)18(12-14)27-3/h4-9,12-13H,10-11H2,1-3H3/b19-13-. The first-order valence-electron chi connectivity index (χ1n) is 8.80. The fourth-order valence-corrected chi connectivity index (χ4v) is 3.64. The molecule has 0 aliphatic carbocycles. The summed E-state index contributed by atoms with van der Waals surface area (Å²) in [5, 5.41) is -0.328. The zero-order chi connectivity index (χ0) is 20.8. The molecule has 2 amide bonds. The zero-order valence-corrected chi connectivity index (χ0v) is 17.2. The molecule has 1 aliphatic heterocycles. The van der Waals surface area contributed by atoms with Gasteiger partial charge in [0.2, 0.25) is 0 Å². The maximum atomic E-state index is 12.6. The van der Waals surface area contributed by atoms with Crippen LogP contribution in [0.5, 0.6) is 23.0 Å². The molecule has 2 aromatic rings. The third-order valence-corrected chi connectivity index (χ3v) is 5.13. The fraction of sp³-hybridized carbons (Fsp3) is 0.238.